The summed E-state index contributed by atoms with van der Waals surface area (Å²) in [4.78, 5) is 26.2. The number of fused-ring (bicyclic) bond motifs is 2. The van der Waals surface area contributed by atoms with Crippen LogP contribution in [0.15, 0.2) is 0 Å². The van der Waals surface area contributed by atoms with Crippen LogP contribution < -0.4 is 0 Å². The molecule has 5 nitrogen and oxygen atoms in total. The molecule has 0 radical (unpaired) electrons. The van der Waals surface area contributed by atoms with Gasteiger partial charge in [0.1, 0.15) is 0 Å². The number of aliphatic hydroxyl groups excluding tert-OH is 1. The summed E-state index contributed by atoms with van der Waals surface area (Å²) in [7, 11) is 0. The van der Waals surface area contributed by atoms with Gasteiger partial charge in [-0.3, -0.25) is 9.59 Å². The second-order valence-electron chi connectivity index (χ2n) is 8.01. The molecule has 1 saturated heterocycles. The van der Waals surface area contributed by atoms with Gasteiger partial charge in [-0.1, -0.05) is 20.3 Å². The smallest absolute Gasteiger partial charge is 0.306 e. The number of carboxylic acids is 1. The van der Waals surface area contributed by atoms with Gasteiger partial charge in [0.2, 0.25) is 5.91 Å². The van der Waals surface area contributed by atoms with E-state index in [4.69, 9.17) is 0 Å². The SMILES string of the molecule is CC1(C)C(=O)N(C2C3CCCC2CC(C(=O)O)C3)CC1CO. The molecule has 22 heavy (non-hydrogen) atoms. The van der Waals surface area contributed by atoms with Crippen molar-refractivity contribution in [3.8, 4) is 0 Å². The Balaban J connectivity index is 1.83. The molecular formula is C17H27NO4. The highest BCUT2D eigenvalue weighted by atomic mass is 16.4. The molecule has 124 valence electrons. The van der Waals surface area contributed by atoms with E-state index < -0.39 is 11.4 Å². The van der Waals surface area contributed by atoms with Crippen molar-refractivity contribution in [2.24, 2.45) is 29.1 Å². The average molecular weight is 309 g/mol. The zero-order valence-corrected chi connectivity index (χ0v) is 13.5. The van der Waals surface area contributed by atoms with Crippen molar-refractivity contribution in [1.82, 2.24) is 4.90 Å². The van der Waals surface area contributed by atoms with Gasteiger partial charge in [-0.25, -0.2) is 0 Å². The van der Waals surface area contributed by atoms with Gasteiger partial charge < -0.3 is 15.1 Å². The second kappa shape index (κ2) is 5.52. The number of nitrogens with zero attached hydrogens (tertiary/aromatic N) is 1. The third kappa shape index (κ3) is 2.34. The summed E-state index contributed by atoms with van der Waals surface area (Å²) in [6, 6.07) is 0.188. The molecule has 5 heteroatoms. The zero-order valence-electron chi connectivity index (χ0n) is 13.5. The van der Waals surface area contributed by atoms with Gasteiger partial charge in [0.15, 0.2) is 0 Å². The number of rotatable bonds is 3. The Morgan fingerprint density at radius 2 is 1.86 bits per heavy atom. The zero-order chi connectivity index (χ0) is 16.1. The predicted octanol–water partition coefficient (Wildman–Crippen LogP) is 1.74. The summed E-state index contributed by atoms with van der Waals surface area (Å²) in [5.74, 6) is -0.181. The number of hydrogen-bond donors (Lipinski definition) is 2. The number of hydrogen-bond acceptors (Lipinski definition) is 3. The lowest BCUT2D eigenvalue weighted by atomic mass is 9.64. The lowest BCUT2D eigenvalue weighted by Crippen LogP contribution is -2.53. The normalized spacial score (nSPS) is 40.8. The molecule has 2 bridgehead atoms. The number of carboxylic acid groups (broad SMARTS) is 1. The van der Waals surface area contributed by atoms with E-state index in [9.17, 15) is 19.8 Å². The Morgan fingerprint density at radius 1 is 1.27 bits per heavy atom. The number of aliphatic hydroxyl groups is 1. The molecule has 3 atom stereocenters. The topological polar surface area (TPSA) is 77.8 Å². The largest absolute Gasteiger partial charge is 0.481 e. The third-order valence-corrected chi connectivity index (χ3v) is 6.47. The van der Waals surface area contributed by atoms with E-state index in [1.54, 1.807) is 0 Å². The fourth-order valence-corrected chi connectivity index (χ4v) is 5.06. The molecule has 3 rings (SSSR count). The summed E-state index contributed by atoms with van der Waals surface area (Å²) >= 11 is 0. The van der Waals surface area contributed by atoms with Crippen molar-refractivity contribution in [2.45, 2.75) is 52.0 Å². The fraction of sp³-hybridized carbons (Fsp3) is 0.882. The number of aliphatic carboxylic acids is 1. The van der Waals surface area contributed by atoms with Crippen molar-refractivity contribution in [1.29, 1.82) is 0 Å². The highest BCUT2D eigenvalue weighted by molar-refractivity contribution is 5.85. The first-order valence-electron chi connectivity index (χ1n) is 8.51. The van der Waals surface area contributed by atoms with E-state index in [1.807, 2.05) is 18.7 Å². The summed E-state index contributed by atoms with van der Waals surface area (Å²) in [6.45, 7) is 4.51. The van der Waals surface area contributed by atoms with Crippen molar-refractivity contribution in [2.75, 3.05) is 13.2 Å². The Morgan fingerprint density at radius 3 is 2.32 bits per heavy atom. The highest BCUT2D eigenvalue weighted by Crippen LogP contribution is 2.48. The number of carbonyl (C=O) groups excluding carboxylic acids is 1. The van der Waals surface area contributed by atoms with Crippen LogP contribution >= 0.6 is 0 Å². The third-order valence-electron chi connectivity index (χ3n) is 6.47. The van der Waals surface area contributed by atoms with Crippen molar-refractivity contribution in [3.05, 3.63) is 0 Å². The molecule has 1 heterocycles. The quantitative estimate of drug-likeness (QED) is 0.832. The maximum Gasteiger partial charge on any atom is 0.306 e. The molecule has 0 spiro atoms. The maximum absolute atomic E-state index is 12.8. The molecule has 3 fully saturated rings. The summed E-state index contributed by atoms with van der Waals surface area (Å²) in [5.41, 5.74) is -0.507. The first kappa shape index (κ1) is 15.8. The van der Waals surface area contributed by atoms with Gasteiger partial charge in [0.05, 0.1) is 11.3 Å². The van der Waals surface area contributed by atoms with Gasteiger partial charge in [0, 0.05) is 25.1 Å². The van der Waals surface area contributed by atoms with Crippen LogP contribution in [-0.4, -0.2) is 46.2 Å². The lowest BCUT2D eigenvalue weighted by molar-refractivity contribution is -0.149. The minimum Gasteiger partial charge on any atom is -0.481 e. The van der Waals surface area contributed by atoms with Crippen LogP contribution in [0.1, 0.15) is 46.0 Å². The Bertz CT molecular complexity index is 461. The van der Waals surface area contributed by atoms with Gasteiger partial charge in [-0.05, 0) is 37.5 Å². The molecule has 2 N–H and O–H groups in total. The van der Waals surface area contributed by atoms with Gasteiger partial charge >= 0.3 is 5.97 Å². The molecule has 0 aromatic carbocycles. The standard InChI is InChI=1S/C17H27NO4/c1-17(2)13(9-19)8-18(16(17)22)14-10-4-3-5-11(14)7-12(6-10)15(20)21/h10-14,19H,3-9H2,1-2H3,(H,20,21). The second-order valence-corrected chi connectivity index (χ2v) is 8.01. The lowest BCUT2D eigenvalue weighted by Gasteiger charge is -2.49. The van der Waals surface area contributed by atoms with Crippen molar-refractivity contribution < 1.29 is 19.8 Å². The van der Waals surface area contributed by atoms with Crippen LogP contribution in [0.2, 0.25) is 0 Å². The maximum atomic E-state index is 12.8. The van der Waals surface area contributed by atoms with Crippen LogP contribution in [0, 0.1) is 29.1 Å². The molecule has 0 aromatic heterocycles. The molecule has 2 saturated carbocycles. The Labute approximate surface area is 131 Å². The van der Waals surface area contributed by atoms with Crippen LogP contribution in [-0.2, 0) is 9.59 Å². The van der Waals surface area contributed by atoms with Crippen LogP contribution in [0.4, 0.5) is 0 Å². The minimum absolute atomic E-state index is 0.0158. The fourth-order valence-electron chi connectivity index (χ4n) is 5.06. The van der Waals surface area contributed by atoms with E-state index in [-0.39, 0.29) is 30.4 Å². The summed E-state index contributed by atoms with van der Waals surface area (Å²) in [5, 5.41) is 18.9. The van der Waals surface area contributed by atoms with Gasteiger partial charge in [0.25, 0.3) is 0 Å². The van der Waals surface area contributed by atoms with E-state index in [0.717, 1.165) is 19.3 Å². The average Bonchev–Trinajstić information content (AvgIpc) is 2.68. The summed E-state index contributed by atoms with van der Waals surface area (Å²) < 4.78 is 0. The predicted molar refractivity (Wildman–Crippen MR) is 81.0 cm³/mol. The van der Waals surface area contributed by atoms with Crippen molar-refractivity contribution in [3.63, 3.8) is 0 Å². The first-order valence-corrected chi connectivity index (χ1v) is 8.51. The first-order chi connectivity index (χ1) is 10.4. The van der Waals surface area contributed by atoms with E-state index in [2.05, 4.69) is 0 Å². The Kier molecular flexibility index (Phi) is 3.96. The number of carbonyl (C=O) groups is 2. The summed E-state index contributed by atoms with van der Waals surface area (Å²) in [6.07, 6.45) is 4.60. The van der Waals surface area contributed by atoms with E-state index in [1.165, 1.54) is 0 Å². The molecule has 0 aromatic rings. The van der Waals surface area contributed by atoms with Crippen LogP contribution in [0.3, 0.4) is 0 Å². The highest BCUT2D eigenvalue weighted by Gasteiger charge is 2.53. The minimum atomic E-state index is -0.684. The van der Waals surface area contributed by atoms with Crippen LogP contribution in [0.5, 0.6) is 0 Å². The molecule has 1 aliphatic heterocycles. The molecule has 3 aliphatic rings. The van der Waals surface area contributed by atoms with E-state index in [0.29, 0.717) is 31.2 Å². The number of likely N-dealkylation sites (tertiary alicyclic amines) is 1. The van der Waals surface area contributed by atoms with Gasteiger partial charge in [-0.2, -0.15) is 0 Å². The molecular weight excluding hydrogens is 282 g/mol. The molecule has 3 unspecified atom stereocenters. The van der Waals surface area contributed by atoms with Gasteiger partial charge in [-0.15, -0.1) is 0 Å². The Hall–Kier alpha value is -1.10. The molecule has 1 amide bonds. The van der Waals surface area contributed by atoms with Crippen molar-refractivity contribution >= 4 is 11.9 Å². The monoisotopic (exact) mass is 309 g/mol. The van der Waals surface area contributed by atoms with E-state index >= 15 is 0 Å². The number of amides is 1. The molecule has 2 aliphatic carbocycles. The van der Waals surface area contributed by atoms with Crippen LogP contribution in [0.25, 0.3) is 0 Å².